The van der Waals surface area contributed by atoms with Crippen LogP contribution in [0.15, 0.2) is 60.7 Å². The van der Waals surface area contributed by atoms with Crippen LogP contribution in [0.1, 0.15) is 43.8 Å². The molecule has 16 heteroatoms. The molecule has 3 aromatic carbocycles. The zero-order chi connectivity index (χ0) is 28.3. The van der Waals surface area contributed by atoms with Crippen LogP contribution < -0.4 is 20.9 Å². The summed E-state index contributed by atoms with van der Waals surface area (Å²) in [5.74, 6) is 0. The van der Waals surface area contributed by atoms with Gasteiger partial charge >= 0.3 is 0 Å². The Hall–Kier alpha value is -2.30. The highest BCUT2D eigenvalue weighted by Gasteiger charge is 2.27. The summed E-state index contributed by atoms with van der Waals surface area (Å²) in [5, 5.41) is 76.3. The van der Waals surface area contributed by atoms with Crippen molar-refractivity contribution in [2.45, 2.75) is 21.5 Å². The fourth-order valence-electron chi connectivity index (χ4n) is 3.62. The summed E-state index contributed by atoms with van der Waals surface area (Å²) >= 11 is 26.0. The molecule has 0 aliphatic rings. The number of alkyl halides is 4. The van der Waals surface area contributed by atoms with Crippen molar-refractivity contribution in [3.05, 3.63) is 104 Å². The largest absolute Gasteiger partial charge is 0.769 e. The Morgan fingerprint density at radius 3 is 1.08 bits per heavy atom. The molecule has 0 unspecified atom stereocenters. The molecular weight excluding hydrogens is 590 g/mol. The smallest absolute Gasteiger partial charge is 0.101 e. The maximum Gasteiger partial charge on any atom is 0.101 e. The van der Waals surface area contributed by atoms with Crippen LogP contribution in [0.3, 0.4) is 0 Å². The molecule has 3 aromatic rings. The van der Waals surface area contributed by atoms with Crippen LogP contribution >= 0.6 is 46.4 Å². The monoisotopic (exact) mass is 606 g/mol. The lowest BCUT2D eigenvalue weighted by molar-refractivity contribution is 0.0280. The van der Waals surface area contributed by atoms with E-state index in [0.717, 1.165) is 24.3 Å². The van der Waals surface area contributed by atoms with Crippen molar-refractivity contribution in [1.29, 1.82) is 0 Å². The highest BCUT2D eigenvalue weighted by atomic mass is 35.5. The standard InChI is InChI=1S/C22H18Cl4N4O8/c23-19(21(25)15-7-5-13(27(31)32)9-17(15)29(35)36)11-1-2-12(4-3-11)20(24)22(26)16-8-6-14(28(33)34)10-18(16)30(37)38/h1-10,19-22,35-38H/q-4/t19-,20+,21-,22-/m1/s1. The lowest BCUT2D eigenvalue weighted by atomic mass is 9.97. The number of hydrogen-bond acceptors (Lipinski definition) is 12. The van der Waals surface area contributed by atoms with Crippen LogP contribution in [0.5, 0.6) is 0 Å². The van der Waals surface area contributed by atoms with Crippen LogP contribution in [-0.4, -0.2) is 20.8 Å². The van der Waals surface area contributed by atoms with Gasteiger partial charge in [0.05, 0.1) is 21.5 Å². The topological polar surface area (TPSA) is 186 Å². The van der Waals surface area contributed by atoms with Gasteiger partial charge in [0.25, 0.3) is 0 Å². The third-order valence-electron chi connectivity index (χ3n) is 5.56. The third-order valence-corrected chi connectivity index (χ3v) is 7.80. The molecule has 0 heterocycles. The molecule has 0 fully saturated rings. The Morgan fingerprint density at radius 1 is 0.500 bits per heavy atom. The van der Waals surface area contributed by atoms with E-state index in [4.69, 9.17) is 46.4 Å². The van der Waals surface area contributed by atoms with Crippen LogP contribution in [0, 0.1) is 20.8 Å². The quantitative estimate of drug-likeness (QED) is 0.137. The van der Waals surface area contributed by atoms with Gasteiger partial charge in [-0.2, -0.15) is 0 Å². The van der Waals surface area contributed by atoms with Gasteiger partial charge in [-0.25, -0.2) is 0 Å². The maximum absolute atomic E-state index is 11.0. The summed E-state index contributed by atoms with van der Waals surface area (Å²) in [6.07, 6.45) is 0. The molecule has 12 nitrogen and oxygen atoms in total. The zero-order valence-electron chi connectivity index (χ0n) is 18.8. The predicted octanol–water partition coefficient (Wildman–Crippen LogP) is 6.98. The van der Waals surface area contributed by atoms with Gasteiger partial charge in [-0.05, 0) is 35.4 Å². The van der Waals surface area contributed by atoms with Gasteiger partial charge in [-0.1, -0.05) is 36.4 Å². The fraction of sp³-hybridized carbons (Fsp3) is 0.182. The minimum absolute atomic E-state index is 0.116. The summed E-state index contributed by atoms with van der Waals surface area (Å²) in [6.45, 7) is 0. The second kappa shape index (κ2) is 12.7. The van der Waals surface area contributed by atoms with Gasteiger partial charge in [0.1, 0.15) is 11.4 Å². The van der Waals surface area contributed by atoms with Crippen molar-refractivity contribution in [2.24, 2.45) is 0 Å². The summed E-state index contributed by atoms with van der Waals surface area (Å²) in [6, 6.07) is 13.0. The predicted molar refractivity (Wildman–Crippen MR) is 144 cm³/mol. The maximum atomic E-state index is 11.0. The minimum atomic E-state index is -1.05. The molecule has 0 aromatic heterocycles. The molecule has 0 radical (unpaired) electrons. The Kier molecular flexibility index (Phi) is 10.1. The average Bonchev–Trinajstić information content (AvgIpc) is 2.90. The van der Waals surface area contributed by atoms with Gasteiger partial charge in [-0.15, -0.1) is 56.9 Å². The van der Waals surface area contributed by atoms with Gasteiger partial charge < -0.3 is 31.3 Å². The molecule has 0 aliphatic carbocycles. The molecule has 38 heavy (non-hydrogen) atoms. The molecule has 206 valence electrons. The molecule has 0 saturated carbocycles. The normalized spacial score (nSPS) is 14.4. The SMILES string of the molecule is [O-]N([O-])c1ccc([C@@H](Cl)[C@H](Cl)c2ccc([C@H](Cl)[C@H](Cl)c3ccc(N([O-])[O-])cc3N(O)O)cc2)c(N(O)O)c1. The molecule has 4 N–H and O–H groups in total. The number of benzene rings is 3. The fourth-order valence-corrected chi connectivity index (χ4v) is 4.84. The Bertz CT molecular complexity index is 1140. The van der Waals surface area contributed by atoms with Crippen molar-refractivity contribution in [2.75, 3.05) is 20.9 Å². The van der Waals surface area contributed by atoms with Gasteiger partial charge in [0.2, 0.25) is 0 Å². The van der Waals surface area contributed by atoms with Gasteiger partial charge in [-0.3, -0.25) is 20.8 Å². The molecule has 0 aliphatic heterocycles. The van der Waals surface area contributed by atoms with Crippen LogP contribution in [0.25, 0.3) is 0 Å². The van der Waals surface area contributed by atoms with Crippen molar-refractivity contribution >= 4 is 69.2 Å². The van der Waals surface area contributed by atoms with E-state index in [0.29, 0.717) is 11.1 Å². The van der Waals surface area contributed by atoms with Gasteiger partial charge in [0, 0.05) is 22.5 Å². The summed E-state index contributed by atoms with van der Waals surface area (Å²) < 4.78 is 0. The first-order valence-corrected chi connectivity index (χ1v) is 12.2. The number of halogens is 4. The van der Waals surface area contributed by atoms with Crippen LogP contribution in [0.4, 0.5) is 22.7 Å². The lowest BCUT2D eigenvalue weighted by Crippen LogP contribution is -2.16. The Labute approximate surface area is 235 Å². The molecule has 4 atom stereocenters. The zero-order valence-corrected chi connectivity index (χ0v) is 21.8. The highest BCUT2D eigenvalue weighted by molar-refractivity contribution is 6.31. The highest BCUT2D eigenvalue weighted by Crippen LogP contribution is 2.46. The summed E-state index contributed by atoms with van der Waals surface area (Å²) in [5.41, 5.74) is -0.212. The second-order valence-corrected chi connectivity index (χ2v) is 9.73. The van der Waals surface area contributed by atoms with Crippen molar-refractivity contribution in [3.63, 3.8) is 0 Å². The van der Waals surface area contributed by atoms with Crippen molar-refractivity contribution in [1.82, 2.24) is 0 Å². The number of nitrogens with zero attached hydrogens (tertiary/aromatic N) is 4. The second-order valence-electron chi connectivity index (χ2n) is 7.85. The molecule has 0 spiro atoms. The molecular formula is C22H18Cl4N4O8-4. The first kappa shape index (κ1) is 30.2. The molecule has 0 amide bonds. The van der Waals surface area contributed by atoms with E-state index in [2.05, 4.69) is 0 Å². The Balaban J connectivity index is 1.84. The van der Waals surface area contributed by atoms with E-state index >= 15 is 0 Å². The van der Waals surface area contributed by atoms with Crippen LogP contribution in [0.2, 0.25) is 0 Å². The van der Waals surface area contributed by atoms with E-state index in [1.165, 1.54) is 12.1 Å². The first-order chi connectivity index (χ1) is 17.8. The number of hydrogen-bond donors (Lipinski definition) is 4. The van der Waals surface area contributed by atoms with E-state index in [1.54, 1.807) is 24.3 Å². The number of rotatable bonds is 10. The minimum Gasteiger partial charge on any atom is -0.769 e. The van der Waals surface area contributed by atoms with E-state index in [-0.39, 0.29) is 44.3 Å². The number of anilines is 4. The van der Waals surface area contributed by atoms with E-state index in [9.17, 15) is 41.7 Å². The van der Waals surface area contributed by atoms with E-state index < -0.39 is 32.0 Å². The third kappa shape index (κ3) is 6.63. The summed E-state index contributed by atoms with van der Waals surface area (Å²) in [4.78, 5) is 0. The lowest BCUT2D eigenvalue weighted by Gasteiger charge is -2.38. The van der Waals surface area contributed by atoms with Crippen LogP contribution in [-0.2, 0) is 0 Å². The molecule has 3 rings (SSSR count). The van der Waals surface area contributed by atoms with E-state index in [1.807, 2.05) is 0 Å². The Morgan fingerprint density at radius 2 is 0.816 bits per heavy atom. The first-order valence-electron chi connectivity index (χ1n) is 10.4. The average molecular weight is 608 g/mol. The molecule has 0 saturated heterocycles. The molecule has 0 bridgehead atoms. The van der Waals surface area contributed by atoms with Crippen molar-refractivity contribution in [3.8, 4) is 0 Å². The van der Waals surface area contributed by atoms with Gasteiger partial charge in [0.15, 0.2) is 0 Å². The summed E-state index contributed by atoms with van der Waals surface area (Å²) in [7, 11) is 0. The van der Waals surface area contributed by atoms with Crippen molar-refractivity contribution < 1.29 is 20.8 Å².